The van der Waals surface area contributed by atoms with E-state index in [0.717, 1.165) is 6.20 Å². The van der Waals surface area contributed by atoms with Gasteiger partial charge in [-0.25, -0.2) is 9.78 Å². The largest absolute Gasteiger partial charge is 0.474 e. The maximum absolute atomic E-state index is 12.3. The number of carbonyl (C=O) groups is 1. The number of halogens is 3. The summed E-state index contributed by atoms with van der Waals surface area (Å²) in [5.41, 5.74) is 6.23. The van der Waals surface area contributed by atoms with Crippen LogP contribution in [0.3, 0.4) is 0 Å². The molecule has 7 N–H and O–H groups in total. The highest BCUT2D eigenvalue weighted by Crippen LogP contribution is 2.21. The van der Waals surface area contributed by atoms with Crippen LogP contribution in [-0.2, 0) is 4.74 Å². The van der Waals surface area contributed by atoms with Gasteiger partial charge in [-0.2, -0.15) is 13.2 Å². The summed E-state index contributed by atoms with van der Waals surface area (Å²) in [5.74, 6) is -0.717. The fourth-order valence-corrected chi connectivity index (χ4v) is 2.29. The van der Waals surface area contributed by atoms with Crippen LogP contribution in [0.15, 0.2) is 42.6 Å². The fraction of sp³-hybridized carbons (Fsp3) is 0.278. The number of urea groups is 1. The molecule has 0 aliphatic rings. The number of nitrogens with one attached hydrogen (secondary N) is 3. The highest BCUT2D eigenvalue weighted by molar-refractivity contribution is 5.97. The predicted octanol–water partition coefficient (Wildman–Crippen LogP) is 1.78. The Morgan fingerprint density at radius 3 is 2.53 bits per heavy atom. The molecular formula is C18H20F3N5O4. The number of rotatable bonds is 7. The molecule has 9 nitrogen and oxygen atoms in total. The number of ether oxygens (including phenoxy) is 1. The number of hydrogen-bond acceptors (Lipinski definition) is 7. The molecule has 12 heteroatoms. The highest BCUT2D eigenvalue weighted by Gasteiger charge is 2.39. The van der Waals surface area contributed by atoms with E-state index in [4.69, 9.17) is 16.2 Å². The maximum Gasteiger partial charge on any atom is 0.417 e. The van der Waals surface area contributed by atoms with E-state index >= 15 is 0 Å². The minimum absolute atomic E-state index is 0.00151. The van der Waals surface area contributed by atoms with Crippen molar-refractivity contribution in [3.05, 3.63) is 53.7 Å². The van der Waals surface area contributed by atoms with Crippen LogP contribution in [0, 0.1) is 5.41 Å². The number of aromatic nitrogens is 1. The number of pyridine rings is 1. The summed E-state index contributed by atoms with van der Waals surface area (Å²) in [4.78, 5) is 16.0. The van der Waals surface area contributed by atoms with E-state index in [-0.39, 0.29) is 23.7 Å². The van der Waals surface area contributed by atoms with Gasteiger partial charge in [-0.15, -0.1) is 0 Å². The lowest BCUT2D eigenvalue weighted by Crippen LogP contribution is -2.34. The summed E-state index contributed by atoms with van der Waals surface area (Å²) in [6.45, 7) is -1.52. The van der Waals surface area contributed by atoms with Crippen LogP contribution in [0.5, 0.6) is 0 Å². The quantitative estimate of drug-likeness (QED) is 0.293. The molecule has 0 aliphatic heterocycles. The van der Waals surface area contributed by atoms with Crippen molar-refractivity contribution in [2.45, 2.75) is 18.3 Å². The first-order valence-electron chi connectivity index (χ1n) is 8.57. The molecule has 2 aromatic rings. The van der Waals surface area contributed by atoms with Gasteiger partial charge in [0, 0.05) is 18.0 Å². The van der Waals surface area contributed by atoms with E-state index in [2.05, 4.69) is 20.4 Å². The topological polar surface area (TPSA) is 154 Å². The zero-order valence-corrected chi connectivity index (χ0v) is 15.5. The van der Waals surface area contributed by atoms with Gasteiger partial charge in [-0.05, 0) is 5.56 Å². The lowest BCUT2D eigenvalue weighted by Gasteiger charge is -2.18. The monoisotopic (exact) mass is 427 g/mol. The first-order chi connectivity index (χ1) is 14.1. The van der Waals surface area contributed by atoms with Gasteiger partial charge in [0.25, 0.3) is 0 Å². The number of nitrogen functional groups attached to an aromatic ring is 1. The van der Waals surface area contributed by atoms with Crippen LogP contribution < -0.4 is 16.4 Å². The first kappa shape index (κ1) is 22.9. The maximum atomic E-state index is 12.3. The SMILES string of the molecule is N=C(OC[C@@H](O)C(F)(F)F)c1cnc(NC(=O)N[C@H](CO)c2ccccc2)cc1N. The molecule has 0 bridgehead atoms. The Bertz CT molecular complexity index is 880. The summed E-state index contributed by atoms with van der Waals surface area (Å²) < 4.78 is 41.4. The molecule has 30 heavy (non-hydrogen) atoms. The first-order valence-corrected chi connectivity index (χ1v) is 8.57. The van der Waals surface area contributed by atoms with E-state index in [0.29, 0.717) is 5.56 Å². The number of alkyl halides is 3. The van der Waals surface area contributed by atoms with Crippen LogP contribution in [-0.4, -0.2) is 52.6 Å². The Labute approximate surface area is 169 Å². The van der Waals surface area contributed by atoms with Crippen molar-refractivity contribution >= 4 is 23.4 Å². The van der Waals surface area contributed by atoms with Crippen molar-refractivity contribution in [3.8, 4) is 0 Å². The second-order valence-corrected chi connectivity index (χ2v) is 6.10. The van der Waals surface area contributed by atoms with E-state index in [9.17, 15) is 23.1 Å². The minimum Gasteiger partial charge on any atom is -0.474 e. The third-order valence-electron chi connectivity index (χ3n) is 3.88. The van der Waals surface area contributed by atoms with Gasteiger partial charge in [-0.3, -0.25) is 10.7 Å². The summed E-state index contributed by atoms with van der Waals surface area (Å²) >= 11 is 0. The van der Waals surface area contributed by atoms with Crippen molar-refractivity contribution in [1.29, 1.82) is 5.41 Å². The molecular weight excluding hydrogens is 407 g/mol. The number of hydrogen-bond donors (Lipinski definition) is 6. The molecule has 2 amide bonds. The van der Waals surface area contributed by atoms with Crippen molar-refractivity contribution in [2.75, 3.05) is 24.3 Å². The molecule has 1 aromatic carbocycles. The molecule has 2 rings (SSSR count). The van der Waals surface area contributed by atoms with Crippen LogP contribution in [0.25, 0.3) is 0 Å². The zero-order valence-electron chi connectivity index (χ0n) is 15.5. The summed E-state index contributed by atoms with van der Waals surface area (Å²) in [7, 11) is 0. The number of aliphatic hydroxyl groups is 2. The van der Waals surface area contributed by atoms with Crippen molar-refractivity contribution < 1.29 is 32.9 Å². The van der Waals surface area contributed by atoms with Crippen LogP contribution in [0.2, 0.25) is 0 Å². The molecule has 0 fully saturated rings. The number of anilines is 2. The Kier molecular flexibility index (Phi) is 7.55. The second-order valence-electron chi connectivity index (χ2n) is 6.10. The van der Waals surface area contributed by atoms with Crippen molar-refractivity contribution in [3.63, 3.8) is 0 Å². The molecule has 1 aromatic heterocycles. The number of benzene rings is 1. The Morgan fingerprint density at radius 1 is 1.30 bits per heavy atom. The molecule has 0 saturated heterocycles. The van der Waals surface area contributed by atoms with Gasteiger partial charge >= 0.3 is 12.2 Å². The van der Waals surface area contributed by atoms with Crippen LogP contribution in [0.4, 0.5) is 29.5 Å². The Morgan fingerprint density at radius 2 is 1.97 bits per heavy atom. The lowest BCUT2D eigenvalue weighted by atomic mass is 10.1. The molecule has 162 valence electrons. The van der Waals surface area contributed by atoms with Gasteiger partial charge < -0.3 is 26.0 Å². The number of aliphatic hydroxyl groups excluding tert-OH is 2. The zero-order chi connectivity index (χ0) is 22.3. The predicted molar refractivity (Wildman–Crippen MR) is 102 cm³/mol. The minimum atomic E-state index is -4.88. The smallest absolute Gasteiger partial charge is 0.417 e. The molecule has 1 heterocycles. The lowest BCUT2D eigenvalue weighted by molar-refractivity contribution is -0.211. The third kappa shape index (κ3) is 6.32. The third-order valence-corrected chi connectivity index (χ3v) is 3.88. The number of amides is 2. The molecule has 0 spiro atoms. The van der Waals surface area contributed by atoms with Gasteiger partial charge in [0.05, 0.1) is 18.2 Å². The molecule has 0 aliphatic carbocycles. The van der Waals surface area contributed by atoms with Crippen molar-refractivity contribution in [2.24, 2.45) is 0 Å². The van der Waals surface area contributed by atoms with Gasteiger partial charge in [-0.1, -0.05) is 30.3 Å². The van der Waals surface area contributed by atoms with Crippen LogP contribution >= 0.6 is 0 Å². The van der Waals surface area contributed by atoms with Gasteiger partial charge in [0.2, 0.25) is 5.90 Å². The van der Waals surface area contributed by atoms with E-state index in [1.807, 2.05) is 0 Å². The average Bonchev–Trinajstić information content (AvgIpc) is 2.70. The molecule has 0 unspecified atom stereocenters. The number of nitrogens with zero attached hydrogens (tertiary/aromatic N) is 1. The standard InChI is InChI=1S/C18H20F3N5O4/c19-18(20,21)14(28)9-30-16(23)11-7-24-15(6-12(11)22)26-17(29)25-13(8-27)10-4-2-1-3-5-10/h1-7,13-14,23,27-28H,8-9H2,(H4,22,24,25,26,29)/t13-,14-/m1/s1. The molecule has 2 atom stereocenters. The molecule has 0 radical (unpaired) electrons. The van der Waals surface area contributed by atoms with Crippen LogP contribution in [0.1, 0.15) is 17.2 Å². The fourth-order valence-electron chi connectivity index (χ4n) is 2.29. The van der Waals surface area contributed by atoms with E-state index in [1.54, 1.807) is 30.3 Å². The van der Waals surface area contributed by atoms with Crippen molar-refractivity contribution in [1.82, 2.24) is 10.3 Å². The Balaban J connectivity index is 1.97. The average molecular weight is 427 g/mol. The summed E-state index contributed by atoms with van der Waals surface area (Å²) in [6.07, 6.45) is -6.59. The number of nitrogens with two attached hydrogens (primary N) is 1. The van der Waals surface area contributed by atoms with E-state index < -0.39 is 36.9 Å². The second kappa shape index (κ2) is 9.89. The molecule has 0 saturated carbocycles. The van der Waals surface area contributed by atoms with Gasteiger partial charge in [0.15, 0.2) is 6.10 Å². The van der Waals surface area contributed by atoms with Gasteiger partial charge in [0.1, 0.15) is 12.4 Å². The highest BCUT2D eigenvalue weighted by atomic mass is 19.4. The Hall–Kier alpha value is -3.38. The summed E-state index contributed by atoms with van der Waals surface area (Å²) in [5, 5.41) is 31.0. The van der Waals surface area contributed by atoms with E-state index in [1.165, 1.54) is 6.07 Å². The normalized spacial score (nSPS) is 13.2. The number of carbonyl (C=O) groups excluding carboxylic acids is 1. The summed E-state index contributed by atoms with van der Waals surface area (Å²) in [6, 6.07) is 8.59.